The van der Waals surface area contributed by atoms with Crippen molar-refractivity contribution >= 4 is 23.2 Å². The molecule has 7 nitrogen and oxygen atoms in total. The number of rotatable bonds is 7. The van der Waals surface area contributed by atoms with E-state index in [1.165, 1.54) is 33.5 Å². The Bertz CT molecular complexity index is 1650. The average molecular weight is 601 g/mol. The maximum Gasteiger partial charge on any atom is 0.249 e. The normalized spacial score (nSPS) is 22.0. The van der Waals surface area contributed by atoms with Gasteiger partial charge in [0, 0.05) is 56.4 Å². The van der Waals surface area contributed by atoms with E-state index < -0.39 is 0 Å². The molecule has 0 radical (unpaired) electrons. The molecule has 7 heteroatoms. The van der Waals surface area contributed by atoms with Crippen molar-refractivity contribution in [1.82, 2.24) is 10.2 Å². The molecule has 0 bridgehead atoms. The van der Waals surface area contributed by atoms with Crippen LogP contribution in [0.5, 0.6) is 5.75 Å². The highest BCUT2D eigenvalue weighted by atomic mass is 16.3. The van der Waals surface area contributed by atoms with E-state index in [0.717, 1.165) is 51.3 Å². The minimum atomic E-state index is -0.367. The maximum absolute atomic E-state index is 12.1. The Morgan fingerprint density at radius 3 is 2.27 bits per heavy atom. The standard InChI is InChI=1S/C38H40N4O3/c43-32-15-17-34-29(24-32)10-16-33(27-4-2-1-3-5-27)37(34)28-8-13-31(14-9-28)42-22-20-41(21-23-42)25-26-6-11-30(12-7-26)39-35-18-19-36(44)40-38(35)45/h1-9,11-15,17,24,33,35,37,39,43H,10,16,18-23,25H2,(H,40,44,45)/t33-,35?,37+/m1/s1. The summed E-state index contributed by atoms with van der Waals surface area (Å²) in [5, 5.41) is 15.8. The summed E-state index contributed by atoms with van der Waals surface area (Å²) in [5.74, 6) is 0.558. The number of aryl methyl sites for hydroxylation is 1. The van der Waals surface area contributed by atoms with Gasteiger partial charge in [-0.25, -0.2) is 0 Å². The second kappa shape index (κ2) is 12.8. The molecule has 45 heavy (non-hydrogen) atoms. The number of phenolic OH excluding ortho intramolecular Hbond substituents is 1. The van der Waals surface area contributed by atoms with Gasteiger partial charge in [-0.2, -0.15) is 0 Å². The number of aromatic hydroxyl groups is 1. The quantitative estimate of drug-likeness (QED) is 0.233. The third-order valence-electron chi connectivity index (χ3n) is 9.75. The number of hydrogen-bond acceptors (Lipinski definition) is 6. The van der Waals surface area contributed by atoms with Crippen molar-refractivity contribution in [2.24, 2.45) is 0 Å². The van der Waals surface area contributed by atoms with Crippen LogP contribution in [0.2, 0.25) is 0 Å². The Morgan fingerprint density at radius 1 is 0.778 bits per heavy atom. The van der Waals surface area contributed by atoms with E-state index in [1.807, 2.05) is 24.3 Å². The largest absolute Gasteiger partial charge is 0.508 e. The summed E-state index contributed by atoms with van der Waals surface area (Å²) in [6.45, 7) is 4.84. The van der Waals surface area contributed by atoms with Crippen LogP contribution in [-0.2, 0) is 22.6 Å². The minimum Gasteiger partial charge on any atom is -0.508 e. The Balaban J connectivity index is 0.977. The average Bonchev–Trinajstić information content (AvgIpc) is 3.07. The summed E-state index contributed by atoms with van der Waals surface area (Å²) in [6, 6.07) is 33.9. The van der Waals surface area contributed by atoms with Crippen molar-refractivity contribution in [3.05, 3.63) is 125 Å². The van der Waals surface area contributed by atoms with Gasteiger partial charge in [0.2, 0.25) is 11.8 Å². The van der Waals surface area contributed by atoms with Crippen molar-refractivity contribution in [2.45, 2.75) is 50.1 Å². The first-order chi connectivity index (χ1) is 22.0. The van der Waals surface area contributed by atoms with Gasteiger partial charge in [0.15, 0.2) is 0 Å². The van der Waals surface area contributed by atoms with Crippen LogP contribution in [0, 0.1) is 0 Å². The first-order valence-electron chi connectivity index (χ1n) is 16.1. The zero-order valence-corrected chi connectivity index (χ0v) is 25.5. The van der Waals surface area contributed by atoms with E-state index >= 15 is 0 Å². The predicted molar refractivity (Wildman–Crippen MR) is 178 cm³/mol. The molecule has 3 N–H and O–H groups in total. The molecule has 0 spiro atoms. The molecule has 4 aromatic carbocycles. The van der Waals surface area contributed by atoms with Gasteiger partial charge in [0.25, 0.3) is 0 Å². The van der Waals surface area contributed by atoms with Gasteiger partial charge >= 0.3 is 0 Å². The molecule has 2 amide bonds. The first-order valence-corrected chi connectivity index (χ1v) is 16.1. The van der Waals surface area contributed by atoms with Crippen LogP contribution < -0.4 is 15.5 Å². The lowest BCUT2D eigenvalue weighted by Gasteiger charge is -2.37. The van der Waals surface area contributed by atoms with Crippen molar-refractivity contribution < 1.29 is 14.7 Å². The summed E-state index contributed by atoms with van der Waals surface area (Å²) in [5.41, 5.74) is 8.69. The fraction of sp³-hybridized carbons (Fsp3) is 0.316. The number of fused-ring (bicyclic) bond motifs is 1. The van der Waals surface area contributed by atoms with E-state index in [-0.39, 0.29) is 23.8 Å². The molecule has 230 valence electrons. The van der Waals surface area contributed by atoms with Gasteiger partial charge < -0.3 is 15.3 Å². The number of amides is 2. The molecule has 0 saturated carbocycles. The van der Waals surface area contributed by atoms with Crippen LogP contribution in [0.1, 0.15) is 58.9 Å². The van der Waals surface area contributed by atoms with Gasteiger partial charge in [-0.3, -0.25) is 19.8 Å². The van der Waals surface area contributed by atoms with Crippen molar-refractivity contribution in [1.29, 1.82) is 0 Å². The van der Waals surface area contributed by atoms with Crippen molar-refractivity contribution in [3.8, 4) is 5.75 Å². The highest BCUT2D eigenvalue weighted by Crippen LogP contribution is 2.47. The van der Waals surface area contributed by atoms with Crippen LogP contribution in [0.3, 0.4) is 0 Å². The topological polar surface area (TPSA) is 84.9 Å². The van der Waals surface area contributed by atoms with Gasteiger partial charge in [-0.1, -0.05) is 60.7 Å². The SMILES string of the molecule is O=C1CCC(Nc2ccc(CN3CCN(c4ccc([C@@H]5c6ccc(O)cc6CC[C@@H]5c5ccccc5)cc4)CC3)cc2)C(=O)N1. The Morgan fingerprint density at radius 2 is 1.53 bits per heavy atom. The highest BCUT2D eigenvalue weighted by molar-refractivity contribution is 6.01. The number of nitrogens with zero attached hydrogens (tertiary/aromatic N) is 2. The number of piperidine rings is 1. The number of anilines is 2. The Kier molecular flexibility index (Phi) is 8.27. The molecule has 1 aliphatic carbocycles. The number of benzene rings is 4. The summed E-state index contributed by atoms with van der Waals surface area (Å²) in [4.78, 5) is 28.4. The molecular weight excluding hydrogens is 560 g/mol. The van der Waals surface area contributed by atoms with Gasteiger partial charge in [-0.15, -0.1) is 0 Å². The number of imide groups is 1. The molecule has 2 saturated heterocycles. The summed E-state index contributed by atoms with van der Waals surface area (Å²) in [7, 11) is 0. The number of carbonyl (C=O) groups is 2. The Labute approximate surface area is 264 Å². The van der Waals surface area contributed by atoms with E-state index in [4.69, 9.17) is 0 Å². The first kappa shape index (κ1) is 29.1. The molecule has 3 aliphatic rings. The zero-order chi connectivity index (χ0) is 30.8. The predicted octanol–water partition coefficient (Wildman–Crippen LogP) is 5.79. The molecule has 4 aromatic rings. The summed E-state index contributed by atoms with van der Waals surface area (Å²) >= 11 is 0. The van der Waals surface area contributed by atoms with Crippen LogP contribution in [0.25, 0.3) is 0 Å². The lowest BCUT2D eigenvalue weighted by atomic mass is 9.69. The van der Waals surface area contributed by atoms with Crippen LogP contribution in [0.4, 0.5) is 11.4 Å². The van der Waals surface area contributed by atoms with Crippen molar-refractivity contribution in [2.75, 3.05) is 36.4 Å². The molecular formula is C38H40N4O3. The number of carbonyl (C=O) groups excluding carboxylic acids is 2. The third-order valence-corrected chi connectivity index (χ3v) is 9.75. The second-order valence-electron chi connectivity index (χ2n) is 12.6. The molecule has 2 heterocycles. The third kappa shape index (κ3) is 6.45. The number of hydrogen-bond donors (Lipinski definition) is 3. The van der Waals surface area contributed by atoms with Gasteiger partial charge in [0.1, 0.15) is 11.8 Å². The molecule has 7 rings (SSSR count). The molecule has 0 aromatic heterocycles. The molecule has 1 unspecified atom stereocenters. The Hall–Kier alpha value is -4.62. The van der Waals surface area contributed by atoms with Crippen LogP contribution in [0.15, 0.2) is 97.1 Å². The molecule has 2 fully saturated rings. The minimum absolute atomic E-state index is 0.198. The monoisotopic (exact) mass is 600 g/mol. The smallest absolute Gasteiger partial charge is 0.249 e. The molecule has 2 aliphatic heterocycles. The van der Waals surface area contributed by atoms with Crippen molar-refractivity contribution in [3.63, 3.8) is 0 Å². The summed E-state index contributed by atoms with van der Waals surface area (Å²) < 4.78 is 0. The van der Waals surface area contributed by atoms with Gasteiger partial charge in [0.05, 0.1) is 0 Å². The maximum atomic E-state index is 12.1. The summed E-state index contributed by atoms with van der Waals surface area (Å²) in [6.07, 6.45) is 2.93. The fourth-order valence-electron chi connectivity index (χ4n) is 7.33. The lowest BCUT2D eigenvalue weighted by molar-refractivity contribution is -0.133. The van der Waals surface area contributed by atoms with E-state index in [2.05, 4.69) is 93.2 Å². The van der Waals surface area contributed by atoms with E-state index in [9.17, 15) is 14.7 Å². The van der Waals surface area contributed by atoms with E-state index in [1.54, 1.807) is 0 Å². The van der Waals surface area contributed by atoms with Crippen LogP contribution >= 0.6 is 0 Å². The van der Waals surface area contributed by atoms with E-state index in [0.29, 0.717) is 24.5 Å². The van der Waals surface area contributed by atoms with Gasteiger partial charge in [-0.05, 0) is 89.4 Å². The lowest BCUT2D eigenvalue weighted by Crippen LogP contribution is -2.47. The number of phenols is 1. The number of nitrogens with one attached hydrogen (secondary N) is 2. The molecule has 3 atom stereocenters. The zero-order valence-electron chi connectivity index (χ0n) is 25.5. The number of piperazine rings is 1. The van der Waals surface area contributed by atoms with Crippen LogP contribution in [-0.4, -0.2) is 54.0 Å². The highest BCUT2D eigenvalue weighted by Gasteiger charge is 2.32. The fourth-order valence-corrected chi connectivity index (χ4v) is 7.33. The second-order valence-corrected chi connectivity index (χ2v) is 12.6.